The van der Waals surface area contributed by atoms with Crippen molar-refractivity contribution in [3.8, 4) is 11.1 Å². The van der Waals surface area contributed by atoms with Crippen LogP contribution in [0, 0.1) is 11.7 Å². The van der Waals surface area contributed by atoms with Crippen LogP contribution >= 0.6 is 0 Å². The molecule has 1 aliphatic carbocycles. The summed E-state index contributed by atoms with van der Waals surface area (Å²) >= 11 is 0. The highest BCUT2D eigenvalue weighted by molar-refractivity contribution is 5.96. The Bertz CT molecular complexity index is 1330. The number of anilines is 2. The van der Waals surface area contributed by atoms with E-state index in [9.17, 15) is 14.7 Å². The van der Waals surface area contributed by atoms with Gasteiger partial charge in [-0.1, -0.05) is 55.7 Å². The number of carbonyl (C=O) groups excluding carboxylic acids is 2. The van der Waals surface area contributed by atoms with E-state index < -0.39 is 18.0 Å². The van der Waals surface area contributed by atoms with Crippen LogP contribution in [0.4, 0.5) is 15.8 Å². The first-order valence-electron chi connectivity index (χ1n) is 13.2. The van der Waals surface area contributed by atoms with Gasteiger partial charge in [0.25, 0.3) is 0 Å². The van der Waals surface area contributed by atoms with Crippen LogP contribution < -0.4 is 9.80 Å². The molecule has 39 heavy (non-hydrogen) atoms. The van der Waals surface area contributed by atoms with Crippen LogP contribution in [-0.2, 0) is 14.3 Å². The third kappa shape index (κ3) is 6.73. The standard InChI is InChI=1S/C32H35FN2O4/c1-34(2)26-16-13-23(14-17-26)25-15-18-28(29(33)21-25)32(38)35(31(37)24-9-5-4-6-10-24)27-11-7-8-22(20-27)12-19-30(36)39-3/h7-8,11-21,24,32,38H,4-6,9-10H2,1-3H3/b19-12+. The highest BCUT2D eigenvalue weighted by atomic mass is 19.1. The van der Waals surface area contributed by atoms with Crippen LogP contribution in [-0.4, -0.2) is 38.2 Å². The predicted molar refractivity (Wildman–Crippen MR) is 153 cm³/mol. The maximum absolute atomic E-state index is 15.5. The molecule has 0 spiro atoms. The normalized spacial score (nSPS) is 14.7. The maximum Gasteiger partial charge on any atom is 0.330 e. The minimum absolute atomic E-state index is 0.0170. The monoisotopic (exact) mass is 530 g/mol. The number of ether oxygens (including phenoxy) is 1. The van der Waals surface area contributed by atoms with Crippen molar-refractivity contribution in [1.82, 2.24) is 0 Å². The lowest BCUT2D eigenvalue weighted by Gasteiger charge is -2.33. The summed E-state index contributed by atoms with van der Waals surface area (Å²) < 4.78 is 20.2. The molecule has 6 nitrogen and oxygen atoms in total. The zero-order valence-corrected chi connectivity index (χ0v) is 22.6. The van der Waals surface area contributed by atoms with E-state index in [1.54, 1.807) is 36.4 Å². The van der Waals surface area contributed by atoms with Gasteiger partial charge in [0.05, 0.1) is 7.11 Å². The Morgan fingerprint density at radius 3 is 2.28 bits per heavy atom. The van der Waals surface area contributed by atoms with Gasteiger partial charge < -0.3 is 14.7 Å². The van der Waals surface area contributed by atoms with E-state index in [0.717, 1.165) is 43.4 Å². The lowest BCUT2D eigenvalue weighted by Crippen LogP contribution is -2.40. The number of amides is 1. The number of aliphatic hydroxyl groups excluding tert-OH is 1. The van der Waals surface area contributed by atoms with E-state index in [-0.39, 0.29) is 17.4 Å². The summed E-state index contributed by atoms with van der Waals surface area (Å²) in [6.45, 7) is 0. The minimum Gasteiger partial charge on any atom is -0.466 e. The molecule has 1 unspecified atom stereocenters. The second-order valence-electron chi connectivity index (χ2n) is 10.0. The molecule has 4 rings (SSSR count). The lowest BCUT2D eigenvalue weighted by molar-refractivity contribution is -0.134. The molecule has 0 saturated heterocycles. The summed E-state index contributed by atoms with van der Waals surface area (Å²) in [5.74, 6) is -1.59. The lowest BCUT2D eigenvalue weighted by atomic mass is 9.88. The van der Waals surface area contributed by atoms with Crippen LogP contribution in [0.15, 0.2) is 72.8 Å². The van der Waals surface area contributed by atoms with E-state index in [4.69, 9.17) is 0 Å². The van der Waals surface area contributed by atoms with Gasteiger partial charge in [-0.15, -0.1) is 0 Å². The average Bonchev–Trinajstić information content (AvgIpc) is 2.96. The van der Waals surface area contributed by atoms with Crippen molar-refractivity contribution in [1.29, 1.82) is 0 Å². The van der Waals surface area contributed by atoms with Crippen molar-refractivity contribution >= 4 is 29.3 Å². The molecule has 7 heteroatoms. The number of esters is 1. The Labute approximate surface area is 229 Å². The summed E-state index contributed by atoms with van der Waals surface area (Å²) in [7, 11) is 5.20. The van der Waals surface area contributed by atoms with Gasteiger partial charge >= 0.3 is 5.97 Å². The fourth-order valence-electron chi connectivity index (χ4n) is 4.95. The number of hydrogen-bond acceptors (Lipinski definition) is 5. The first-order chi connectivity index (χ1) is 18.8. The summed E-state index contributed by atoms with van der Waals surface area (Å²) in [6, 6.07) is 19.4. The molecule has 1 amide bonds. The molecule has 3 aromatic rings. The molecule has 1 fully saturated rings. The van der Waals surface area contributed by atoms with Gasteiger partial charge in [0, 0.05) is 43.0 Å². The van der Waals surface area contributed by atoms with Gasteiger partial charge in [-0.05, 0) is 65.9 Å². The second-order valence-corrected chi connectivity index (χ2v) is 10.0. The van der Waals surface area contributed by atoms with E-state index in [0.29, 0.717) is 16.8 Å². The fraction of sp³-hybridized carbons (Fsp3) is 0.312. The van der Waals surface area contributed by atoms with Gasteiger partial charge in [0.1, 0.15) is 5.82 Å². The summed E-state index contributed by atoms with van der Waals surface area (Å²) in [6.07, 6.45) is 5.75. The van der Waals surface area contributed by atoms with Crippen LogP contribution in [0.5, 0.6) is 0 Å². The molecular formula is C32H35FN2O4. The zero-order valence-electron chi connectivity index (χ0n) is 22.6. The van der Waals surface area contributed by atoms with E-state index in [1.807, 2.05) is 43.3 Å². The molecule has 0 radical (unpaired) electrons. The number of aliphatic hydroxyl groups is 1. The molecule has 1 atom stereocenters. The number of methoxy groups -OCH3 is 1. The van der Waals surface area contributed by atoms with E-state index >= 15 is 4.39 Å². The Balaban J connectivity index is 1.68. The number of benzene rings is 3. The number of nitrogens with zero attached hydrogens (tertiary/aromatic N) is 2. The van der Waals surface area contributed by atoms with Gasteiger partial charge in [0.15, 0.2) is 6.23 Å². The molecule has 204 valence electrons. The van der Waals surface area contributed by atoms with Crippen molar-refractivity contribution in [3.05, 3.63) is 89.8 Å². The molecule has 1 aliphatic rings. The number of rotatable bonds is 8. The second kappa shape index (κ2) is 12.7. The van der Waals surface area contributed by atoms with Crippen LogP contribution in [0.1, 0.15) is 49.5 Å². The highest BCUT2D eigenvalue weighted by Gasteiger charge is 2.33. The van der Waals surface area contributed by atoms with Crippen molar-refractivity contribution in [3.63, 3.8) is 0 Å². The Kier molecular flexibility index (Phi) is 9.15. The Morgan fingerprint density at radius 1 is 0.949 bits per heavy atom. The molecule has 0 aromatic heterocycles. The molecular weight excluding hydrogens is 495 g/mol. The summed E-state index contributed by atoms with van der Waals surface area (Å²) in [5, 5.41) is 11.5. The van der Waals surface area contributed by atoms with E-state index in [1.165, 1.54) is 30.2 Å². The topological polar surface area (TPSA) is 70.1 Å². The molecule has 0 bridgehead atoms. The summed E-state index contributed by atoms with van der Waals surface area (Å²) in [5.41, 5.74) is 3.64. The van der Waals surface area contributed by atoms with Crippen LogP contribution in [0.3, 0.4) is 0 Å². The molecule has 1 saturated carbocycles. The predicted octanol–water partition coefficient (Wildman–Crippen LogP) is 6.35. The fourth-order valence-corrected chi connectivity index (χ4v) is 4.95. The Morgan fingerprint density at radius 2 is 1.64 bits per heavy atom. The zero-order chi connectivity index (χ0) is 27.9. The van der Waals surface area contributed by atoms with Crippen LogP contribution in [0.2, 0.25) is 0 Å². The molecule has 3 aromatic carbocycles. The SMILES string of the molecule is COC(=O)/C=C/c1cccc(N(C(=O)C2CCCCC2)C(O)c2ccc(-c3ccc(N(C)C)cc3)cc2F)c1. The van der Waals surface area contributed by atoms with Gasteiger partial charge in [-0.2, -0.15) is 0 Å². The van der Waals surface area contributed by atoms with Gasteiger partial charge in [-0.3, -0.25) is 9.69 Å². The minimum atomic E-state index is -1.52. The van der Waals surface area contributed by atoms with E-state index in [2.05, 4.69) is 4.74 Å². The van der Waals surface area contributed by atoms with Crippen molar-refractivity contribution < 1.29 is 23.8 Å². The molecule has 0 aliphatic heterocycles. The quantitative estimate of drug-likeness (QED) is 0.209. The van der Waals surface area contributed by atoms with Gasteiger partial charge in [-0.25, -0.2) is 9.18 Å². The third-order valence-electron chi connectivity index (χ3n) is 7.19. The van der Waals surface area contributed by atoms with Crippen LogP contribution in [0.25, 0.3) is 17.2 Å². The number of hydrogen-bond donors (Lipinski definition) is 1. The Hall–Kier alpha value is -3.97. The molecule has 0 heterocycles. The smallest absolute Gasteiger partial charge is 0.330 e. The van der Waals surface area contributed by atoms with Crippen molar-refractivity contribution in [2.45, 2.75) is 38.3 Å². The number of halogens is 1. The van der Waals surface area contributed by atoms with Gasteiger partial charge in [0.2, 0.25) is 5.91 Å². The molecule has 1 N–H and O–H groups in total. The number of carbonyl (C=O) groups is 2. The first kappa shape index (κ1) is 28.0. The highest BCUT2D eigenvalue weighted by Crippen LogP contribution is 2.35. The van der Waals surface area contributed by atoms with Crippen molar-refractivity contribution in [2.75, 3.05) is 31.0 Å². The largest absolute Gasteiger partial charge is 0.466 e. The average molecular weight is 531 g/mol. The van der Waals surface area contributed by atoms with Crippen molar-refractivity contribution in [2.24, 2.45) is 5.92 Å². The first-order valence-corrected chi connectivity index (χ1v) is 13.2. The summed E-state index contributed by atoms with van der Waals surface area (Å²) in [4.78, 5) is 28.6. The maximum atomic E-state index is 15.5. The third-order valence-corrected chi connectivity index (χ3v) is 7.19.